The molecule has 0 saturated carbocycles. The Morgan fingerprint density at radius 3 is 2.71 bits per heavy atom. The van der Waals surface area contributed by atoms with Crippen LogP contribution in [0.4, 0.5) is 5.69 Å². The van der Waals surface area contributed by atoms with E-state index in [0.29, 0.717) is 39.9 Å². The zero-order valence-corrected chi connectivity index (χ0v) is 17.3. The van der Waals surface area contributed by atoms with E-state index in [1.165, 1.54) is 11.8 Å². The van der Waals surface area contributed by atoms with Gasteiger partial charge < -0.3 is 10.1 Å². The van der Waals surface area contributed by atoms with Gasteiger partial charge in [0, 0.05) is 30.1 Å². The highest BCUT2D eigenvalue weighted by atomic mass is 35.5. The number of carbonyl (C=O) groups is 1. The van der Waals surface area contributed by atoms with Crippen molar-refractivity contribution in [3.8, 4) is 11.4 Å². The minimum Gasteiger partial charge on any atom is -0.383 e. The summed E-state index contributed by atoms with van der Waals surface area (Å²) in [6, 6.07) is 8.62. The highest BCUT2D eigenvalue weighted by Gasteiger charge is 2.16. The lowest BCUT2D eigenvalue weighted by atomic mass is 10.2. The minimum absolute atomic E-state index is 0.153. The lowest BCUT2D eigenvalue weighted by Gasteiger charge is -2.10. The average molecular weight is 438 g/mol. The highest BCUT2D eigenvalue weighted by Crippen LogP contribution is 2.27. The molecule has 3 aromatic rings. The molecule has 0 radical (unpaired) electrons. The zero-order chi connectivity index (χ0) is 19.9. The van der Waals surface area contributed by atoms with Crippen LogP contribution in [-0.4, -0.2) is 45.1 Å². The van der Waals surface area contributed by atoms with Gasteiger partial charge in [0.15, 0.2) is 11.0 Å². The van der Waals surface area contributed by atoms with Crippen molar-refractivity contribution >= 4 is 46.6 Å². The molecule has 1 amide bonds. The molecule has 2 heterocycles. The van der Waals surface area contributed by atoms with E-state index in [-0.39, 0.29) is 11.7 Å². The number of anilines is 1. The van der Waals surface area contributed by atoms with Gasteiger partial charge in [-0.25, -0.2) is 0 Å². The van der Waals surface area contributed by atoms with E-state index in [9.17, 15) is 4.79 Å². The first-order chi connectivity index (χ1) is 13.6. The van der Waals surface area contributed by atoms with Crippen molar-refractivity contribution in [2.24, 2.45) is 0 Å². The Bertz CT molecular complexity index is 952. The number of halogens is 2. The standard InChI is InChI=1S/C18H17Cl2N5O2S/c1-27-9-8-25-17(12-4-6-21-7-5-12)23-24-18(25)28-11-16(26)22-15-3-2-13(19)10-14(15)20/h2-7,10H,8-9,11H2,1H3,(H,22,26). The number of hydrogen-bond donors (Lipinski definition) is 1. The van der Waals surface area contributed by atoms with Gasteiger partial charge in [-0.05, 0) is 30.3 Å². The van der Waals surface area contributed by atoms with E-state index in [1.807, 2.05) is 16.7 Å². The molecule has 0 aliphatic rings. The molecule has 7 nitrogen and oxygen atoms in total. The van der Waals surface area contributed by atoms with Crippen LogP contribution in [0.3, 0.4) is 0 Å². The van der Waals surface area contributed by atoms with Crippen LogP contribution in [0.25, 0.3) is 11.4 Å². The smallest absolute Gasteiger partial charge is 0.234 e. The number of thioether (sulfide) groups is 1. The predicted octanol–water partition coefficient (Wildman–Crippen LogP) is 4.02. The van der Waals surface area contributed by atoms with Crippen LogP contribution in [0.5, 0.6) is 0 Å². The molecule has 0 spiro atoms. The molecule has 0 atom stereocenters. The number of ether oxygens (including phenoxy) is 1. The molecule has 2 aromatic heterocycles. The number of nitrogens with one attached hydrogen (secondary N) is 1. The molecular weight excluding hydrogens is 421 g/mol. The monoisotopic (exact) mass is 437 g/mol. The van der Waals surface area contributed by atoms with Crippen molar-refractivity contribution in [1.82, 2.24) is 19.7 Å². The lowest BCUT2D eigenvalue weighted by molar-refractivity contribution is -0.113. The van der Waals surface area contributed by atoms with Crippen LogP contribution in [0.1, 0.15) is 0 Å². The Kier molecular flexibility index (Phi) is 7.27. The van der Waals surface area contributed by atoms with Gasteiger partial charge in [-0.3, -0.25) is 14.3 Å². The van der Waals surface area contributed by atoms with Crippen LogP contribution in [0.15, 0.2) is 47.9 Å². The van der Waals surface area contributed by atoms with E-state index in [0.717, 1.165) is 5.56 Å². The number of carbonyl (C=O) groups excluding carboxylic acids is 1. The third-order valence-corrected chi connectivity index (χ3v) is 5.23. The number of hydrogen-bond acceptors (Lipinski definition) is 6. The van der Waals surface area contributed by atoms with Gasteiger partial charge in [0.05, 0.1) is 29.6 Å². The topological polar surface area (TPSA) is 81.9 Å². The second kappa shape index (κ2) is 9.88. The van der Waals surface area contributed by atoms with Crippen molar-refractivity contribution < 1.29 is 9.53 Å². The average Bonchev–Trinajstić information content (AvgIpc) is 3.10. The number of aromatic nitrogens is 4. The van der Waals surface area contributed by atoms with Gasteiger partial charge in [-0.2, -0.15) is 0 Å². The molecule has 0 unspecified atom stereocenters. The van der Waals surface area contributed by atoms with Crippen molar-refractivity contribution in [1.29, 1.82) is 0 Å². The van der Waals surface area contributed by atoms with Crippen LogP contribution < -0.4 is 5.32 Å². The fourth-order valence-electron chi connectivity index (χ4n) is 2.40. The highest BCUT2D eigenvalue weighted by molar-refractivity contribution is 7.99. The second-order valence-electron chi connectivity index (χ2n) is 5.65. The third-order valence-electron chi connectivity index (χ3n) is 3.71. The van der Waals surface area contributed by atoms with Gasteiger partial charge in [0.2, 0.25) is 5.91 Å². The molecule has 10 heteroatoms. The number of nitrogens with zero attached hydrogens (tertiary/aromatic N) is 4. The van der Waals surface area contributed by atoms with Crippen LogP contribution in [0.2, 0.25) is 10.0 Å². The summed E-state index contributed by atoms with van der Waals surface area (Å²) in [4.78, 5) is 16.3. The summed E-state index contributed by atoms with van der Waals surface area (Å²) < 4.78 is 7.11. The van der Waals surface area contributed by atoms with Gasteiger partial charge >= 0.3 is 0 Å². The molecule has 0 bridgehead atoms. The minimum atomic E-state index is -0.207. The quantitative estimate of drug-likeness (QED) is 0.535. The van der Waals surface area contributed by atoms with E-state index in [2.05, 4.69) is 20.5 Å². The maximum Gasteiger partial charge on any atom is 0.234 e. The van der Waals surface area contributed by atoms with E-state index < -0.39 is 0 Å². The summed E-state index contributed by atoms with van der Waals surface area (Å²) in [6.07, 6.45) is 3.39. The van der Waals surface area contributed by atoms with E-state index >= 15 is 0 Å². The summed E-state index contributed by atoms with van der Waals surface area (Å²) in [6.45, 7) is 1.06. The first kappa shape index (κ1) is 20.6. The number of pyridine rings is 1. The van der Waals surface area contributed by atoms with Crippen LogP contribution in [0, 0.1) is 0 Å². The Morgan fingerprint density at radius 2 is 2.00 bits per heavy atom. The molecule has 28 heavy (non-hydrogen) atoms. The molecule has 0 aliphatic carbocycles. The molecule has 146 valence electrons. The summed E-state index contributed by atoms with van der Waals surface area (Å²) in [5.74, 6) is 0.643. The summed E-state index contributed by atoms with van der Waals surface area (Å²) in [7, 11) is 1.63. The van der Waals surface area contributed by atoms with E-state index in [4.69, 9.17) is 27.9 Å². The third kappa shape index (κ3) is 5.23. The Labute approximate surface area is 176 Å². The maximum absolute atomic E-state index is 12.3. The van der Waals surface area contributed by atoms with Crippen molar-refractivity contribution in [3.05, 3.63) is 52.8 Å². The summed E-state index contributed by atoms with van der Waals surface area (Å²) in [5.41, 5.74) is 1.40. The molecule has 0 fully saturated rings. The molecule has 0 aliphatic heterocycles. The summed E-state index contributed by atoms with van der Waals surface area (Å²) in [5, 5.41) is 12.8. The van der Waals surface area contributed by atoms with Crippen molar-refractivity contribution in [2.75, 3.05) is 24.8 Å². The van der Waals surface area contributed by atoms with Gasteiger partial charge in [0.1, 0.15) is 0 Å². The van der Waals surface area contributed by atoms with Crippen molar-refractivity contribution in [2.45, 2.75) is 11.7 Å². The molecule has 3 rings (SSSR count). The normalized spacial score (nSPS) is 10.8. The Morgan fingerprint density at radius 1 is 1.21 bits per heavy atom. The molecule has 1 aromatic carbocycles. The van der Waals surface area contributed by atoms with Crippen molar-refractivity contribution in [3.63, 3.8) is 0 Å². The first-order valence-electron chi connectivity index (χ1n) is 8.28. The molecule has 0 saturated heterocycles. The van der Waals surface area contributed by atoms with Gasteiger partial charge in [-0.15, -0.1) is 10.2 Å². The van der Waals surface area contributed by atoms with Gasteiger partial charge in [-0.1, -0.05) is 35.0 Å². The fourth-order valence-corrected chi connectivity index (χ4v) is 3.62. The lowest BCUT2D eigenvalue weighted by Crippen LogP contribution is -2.15. The number of methoxy groups -OCH3 is 1. The van der Waals surface area contributed by atoms with Gasteiger partial charge in [0.25, 0.3) is 0 Å². The maximum atomic E-state index is 12.3. The first-order valence-corrected chi connectivity index (χ1v) is 10.0. The number of rotatable bonds is 8. The second-order valence-corrected chi connectivity index (χ2v) is 7.43. The summed E-state index contributed by atoms with van der Waals surface area (Å²) >= 11 is 13.3. The van der Waals surface area contributed by atoms with Crippen LogP contribution >= 0.6 is 35.0 Å². The van der Waals surface area contributed by atoms with Crippen LogP contribution in [-0.2, 0) is 16.1 Å². The van der Waals surface area contributed by atoms with E-state index in [1.54, 1.807) is 37.7 Å². The SMILES string of the molecule is COCCn1c(SCC(=O)Nc2ccc(Cl)cc2Cl)nnc1-c1ccncc1. The number of amides is 1. The largest absolute Gasteiger partial charge is 0.383 e. The fraction of sp³-hybridized carbons (Fsp3) is 0.222. The predicted molar refractivity (Wildman–Crippen MR) is 111 cm³/mol. The Hall–Kier alpha value is -2.13. The number of benzene rings is 1. The zero-order valence-electron chi connectivity index (χ0n) is 14.9. The molecule has 1 N–H and O–H groups in total. The Balaban J connectivity index is 1.71. The molecular formula is C18H17Cl2N5O2S.